The van der Waals surface area contributed by atoms with Gasteiger partial charge in [0, 0.05) is 18.4 Å². The van der Waals surface area contributed by atoms with Crippen LogP contribution in [0.25, 0.3) is 0 Å². The molecular weight excluding hydrogens is 280 g/mol. The lowest BCUT2D eigenvalue weighted by atomic mass is 10.2. The molecule has 22 heavy (non-hydrogen) atoms. The molecule has 0 saturated carbocycles. The minimum absolute atomic E-state index is 0.0561. The molecule has 0 saturated heterocycles. The molecule has 1 N–H and O–H groups in total. The number of amides is 1. The highest BCUT2D eigenvalue weighted by atomic mass is 16.5. The van der Waals surface area contributed by atoms with Gasteiger partial charge in [-0.05, 0) is 44.2 Å². The first-order valence-corrected chi connectivity index (χ1v) is 7.03. The van der Waals surface area contributed by atoms with Gasteiger partial charge in [0.15, 0.2) is 6.10 Å². The van der Waals surface area contributed by atoms with Gasteiger partial charge < -0.3 is 10.1 Å². The number of benzene rings is 1. The van der Waals surface area contributed by atoms with E-state index in [2.05, 4.69) is 10.4 Å². The fourth-order valence-electron chi connectivity index (χ4n) is 1.96. The second kappa shape index (κ2) is 7.27. The van der Waals surface area contributed by atoms with E-state index < -0.39 is 6.10 Å². The molecule has 1 aromatic carbocycles. The van der Waals surface area contributed by atoms with Crippen LogP contribution in [0.4, 0.5) is 0 Å². The standard InChI is InChI=1S/C16H18N4O2/c1-12(11-20-9-3-8-18-20)19-16(21)13(2)22-15-6-4-14(10-17)5-7-15/h3-9,12-13H,11H2,1-2H3,(H,19,21)/t12-,13+/m1/s1. The van der Waals surface area contributed by atoms with Gasteiger partial charge in [0.1, 0.15) is 5.75 Å². The fraction of sp³-hybridized carbons (Fsp3) is 0.312. The number of ether oxygens (including phenoxy) is 1. The second-order valence-electron chi connectivity index (χ2n) is 5.03. The molecule has 2 rings (SSSR count). The quantitative estimate of drug-likeness (QED) is 0.880. The minimum Gasteiger partial charge on any atom is -0.481 e. The van der Waals surface area contributed by atoms with Gasteiger partial charge in [0.05, 0.1) is 18.2 Å². The molecule has 1 heterocycles. The first-order chi connectivity index (χ1) is 10.6. The van der Waals surface area contributed by atoms with Crippen LogP contribution in [0.2, 0.25) is 0 Å². The molecule has 0 aliphatic rings. The topological polar surface area (TPSA) is 79.9 Å². The molecule has 2 aromatic rings. The van der Waals surface area contributed by atoms with Crippen molar-refractivity contribution in [2.24, 2.45) is 0 Å². The highest BCUT2D eigenvalue weighted by Crippen LogP contribution is 2.13. The van der Waals surface area contributed by atoms with Gasteiger partial charge in [-0.3, -0.25) is 9.48 Å². The number of nitrogens with zero attached hydrogens (tertiary/aromatic N) is 3. The molecule has 114 valence electrons. The van der Waals surface area contributed by atoms with E-state index in [0.717, 1.165) is 0 Å². The lowest BCUT2D eigenvalue weighted by Gasteiger charge is -2.18. The summed E-state index contributed by atoms with van der Waals surface area (Å²) in [6, 6.07) is 10.5. The maximum Gasteiger partial charge on any atom is 0.261 e. The van der Waals surface area contributed by atoms with E-state index in [4.69, 9.17) is 10.00 Å². The van der Waals surface area contributed by atoms with Crippen LogP contribution in [0.15, 0.2) is 42.7 Å². The van der Waals surface area contributed by atoms with Crippen LogP contribution >= 0.6 is 0 Å². The number of aromatic nitrogens is 2. The molecule has 0 aliphatic heterocycles. The fourth-order valence-corrected chi connectivity index (χ4v) is 1.96. The van der Waals surface area contributed by atoms with Crippen molar-refractivity contribution in [1.29, 1.82) is 5.26 Å². The molecule has 0 unspecified atom stereocenters. The summed E-state index contributed by atoms with van der Waals surface area (Å²) in [5.74, 6) is 0.366. The van der Waals surface area contributed by atoms with Crippen molar-refractivity contribution in [3.05, 3.63) is 48.3 Å². The first kappa shape index (κ1) is 15.6. The van der Waals surface area contributed by atoms with Crippen molar-refractivity contribution < 1.29 is 9.53 Å². The van der Waals surface area contributed by atoms with Crippen LogP contribution in [0.1, 0.15) is 19.4 Å². The van der Waals surface area contributed by atoms with E-state index in [-0.39, 0.29) is 11.9 Å². The highest BCUT2D eigenvalue weighted by molar-refractivity contribution is 5.80. The summed E-state index contributed by atoms with van der Waals surface area (Å²) in [7, 11) is 0. The van der Waals surface area contributed by atoms with E-state index in [0.29, 0.717) is 17.9 Å². The third kappa shape index (κ3) is 4.35. The molecule has 0 aliphatic carbocycles. The van der Waals surface area contributed by atoms with E-state index in [9.17, 15) is 4.79 Å². The Bertz CT molecular complexity index is 644. The minimum atomic E-state index is -0.618. The van der Waals surface area contributed by atoms with E-state index >= 15 is 0 Å². The van der Waals surface area contributed by atoms with Crippen LogP contribution in [0.5, 0.6) is 5.75 Å². The molecule has 0 fully saturated rings. The van der Waals surface area contributed by atoms with Gasteiger partial charge in [-0.15, -0.1) is 0 Å². The predicted octanol–water partition coefficient (Wildman–Crippen LogP) is 1.73. The Morgan fingerprint density at radius 3 is 2.73 bits per heavy atom. The summed E-state index contributed by atoms with van der Waals surface area (Å²) >= 11 is 0. The zero-order chi connectivity index (χ0) is 15.9. The summed E-state index contributed by atoms with van der Waals surface area (Å²) in [6.45, 7) is 4.20. The van der Waals surface area contributed by atoms with Crippen LogP contribution in [0.3, 0.4) is 0 Å². The Morgan fingerprint density at radius 1 is 1.41 bits per heavy atom. The number of rotatable bonds is 6. The van der Waals surface area contributed by atoms with Crippen LogP contribution in [0, 0.1) is 11.3 Å². The van der Waals surface area contributed by atoms with Crippen LogP contribution < -0.4 is 10.1 Å². The van der Waals surface area contributed by atoms with E-state index in [1.165, 1.54) is 0 Å². The Morgan fingerprint density at radius 2 is 2.14 bits per heavy atom. The highest BCUT2D eigenvalue weighted by Gasteiger charge is 2.17. The summed E-state index contributed by atoms with van der Waals surface area (Å²) in [4.78, 5) is 12.1. The average molecular weight is 298 g/mol. The maximum absolute atomic E-state index is 12.1. The summed E-state index contributed by atoms with van der Waals surface area (Å²) < 4.78 is 7.33. The molecular formula is C16H18N4O2. The van der Waals surface area contributed by atoms with E-state index in [1.807, 2.05) is 25.3 Å². The predicted molar refractivity (Wildman–Crippen MR) is 81.1 cm³/mol. The van der Waals surface area contributed by atoms with Crippen molar-refractivity contribution in [3.8, 4) is 11.8 Å². The summed E-state index contributed by atoms with van der Waals surface area (Å²) in [5.41, 5.74) is 0.553. The molecule has 2 atom stereocenters. The average Bonchev–Trinajstić information content (AvgIpc) is 3.00. The largest absolute Gasteiger partial charge is 0.481 e. The summed E-state index contributed by atoms with van der Waals surface area (Å²) in [6.07, 6.45) is 2.93. The van der Waals surface area contributed by atoms with Crippen LogP contribution in [-0.4, -0.2) is 27.8 Å². The van der Waals surface area contributed by atoms with Gasteiger partial charge in [0.2, 0.25) is 0 Å². The third-order valence-electron chi connectivity index (χ3n) is 3.07. The van der Waals surface area contributed by atoms with Gasteiger partial charge in [0.25, 0.3) is 5.91 Å². The number of carbonyl (C=O) groups is 1. The SMILES string of the molecule is C[C@H](Cn1cccn1)NC(=O)[C@H](C)Oc1ccc(C#N)cc1. The number of carbonyl (C=O) groups excluding carboxylic acids is 1. The molecule has 1 aromatic heterocycles. The van der Waals surface area contributed by atoms with Crippen molar-refractivity contribution in [2.45, 2.75) is 32.5 Å². The number of nitrogens with one attached hydrogen (secondary N) is 1. The molecule has 6 heteroatoms. The van der Waals surface area contributed by atoms with Crippen molar-refractivity contribution in [2.75, 3.05) is 0 Å². The number of hydrogen-bond acceptors (Lipinski definition) is 4. The van der Waals surface area contributed by atoms with Crippen molar-refractivity contribution >= 4 is 5.91 Å². The Balaban J connectivity index is 1.84. The lowest BCUT2D eigenvalue weighted by molar-refractivity contribution is -0.128. The monoisotopic (exact) mass is 298 g/mol. The summed E-state index contributed by atoms with van der Waals surface area (Å²) in [5, 5.41) is 15.7. The van der Waals surface area contributed by atoms with Gasteiger partial charge in [-0.1, -0.05) is 0 Å². The van der Waals surface area contributed by atoms with Gasteiger partial charge in [-0.2, -0.15) is 10.4 Å². The van der Waals surface area contributed by atoms with Gasteiger partial charge >= 0.3 is 0 Å². The zero-order valence-electron chi connectivity index (χ0n) is 12.6. The number of nitriles is 1. The molecule has 0 bridgehead atoms. The third-order valence-corrected chi connectivity index (χ3v) is 3.07. The normalized spacial score (nSPS) is 13.0. The van der Waals surface area contributed by atoms with Crippen molar-refractivity contribution in [3.63, 3.8) is 0 Å². The Kier molecular flexibility index (Phi) is 5.15. The second-order valence-corrected chi connectivity index (χ2v) is 5.03. The smallest absolute Gasteiger partial charge is 0.261 e. The maximum atomic E-state index is 12.1. The Hall–Kier alpha value is -2.81. The Labute approximate surface area is 129 Å². The number of hydrogen-bond donors (Lipinski definition) is 1. The van der Waals surface area contributed by atoms with Crippen LogP contribution in [-0.2, 0) is 11.3 Å². The van der Waals surface area contributed by atoms with E-state index in [1.54, 1.807) is 42.1 Å². The van der Waals surface area contributed by atoms with Gasteiger partial charge in [-0.25, -0.2) is 0 Å². The molecule has 0 radical (unpaired) electrons. The van der Waals surface area contributed by atoms with Crippen molar-refractivity contribution in [1.82, 2.24) is 15.1 Å². The molecule has 1 amide bonds. The zero-order valence-corrected chi connectivity index (χ0v) is 12.6. The molecule has 6 nitrogen and oxygen atoms in total. The first-order valence-electron chi connectivity index (χ1n) is 7.03. The lowest BCUT2D eigenvalue weighted by Crippen LogP contribution is -2.43. The molecule has 0 spiro atoms.